The Hall–Kier alpha value is -2.11. The number of hydrogen-bond acceptors (Lipinski definition) is 4. The van der Waals surface area contributed by atoms with Crippen molar-refractivity contribution in [2.75, 3.05) is 25.5 Å². The van der Waals surface area contributed by atoms with Gasteiger partial charge in [0.25, 0.3) is 0 Å². The molecule has 0 aromatic carbocycles. The van der Waals surface area contributed by atoms with E-state index in [9.17, 15) is 9.59 Å². The summed E-state index contributed by atoms with van der Waals surface area (Å²) in [4.78, 5) is 31.6. The summed E-state index contributed by atoms with van der Waals surface area (Å²) in [5.41, 5.74) is 0.774. The maximum atomic E-state index is 12.1. The number of pyridine rings is 1. The third kappa shape index (κ3) is 2.89. The van der Waals surface area contributed by atoms with E-state index in [1.807, 2.05) is 32.0 Å². The maximum absolute atomic E-state index is 12.1. The lowest BCUT2D eigenvalue weighted by atomic mass is 10.2. The number of anilines is 1. The van der Waals surface area contributed by atoms with Crippen LogP contribution in [0.25, 0.3) is 0 Å². The van der Waals surface area contributed by atoms with Gasteiger partial charge in [-0.25, -0.2) is 4.98 Å². The molecule has 20 heavy (non-hydrogen) atoms. The molecule has 1 fully saturated rings. The fourth-order valence-corrected chi connectivity index (χ4v) is 2.24. The van der Waals surface area contributed by atoms with Gasteiger partial charge in [-0.05, 0) is 26.0 Å². The van der Waals surface area contributed by atoms with Gasteiger partial charge < -0.3 is 15.1 Å². The first kappa shape index (κ1) is 14.3. The second kappa shape index (κ2) is 5.90. The normalized spacial score (nSPS) is 16.0. The van der Waals surface area contributed by atoms with Crippen molar-refractivity contribution in [2.45, 2.75) is 26.4 Å². The van der Waals surface area contributed by atoms with Crippen LogP contribution in [0.2, 0.25) is 0 Å². The van der Waals surface area contributed by atoms with E-state index in [-0.39, 0.29) is 6.04 Å². The molecule has 1 aromatic heterocycles. The Kier molecular flexibility index (Phi) is 4.22. The Labute approximate surface area is 118 Å². The molecule has 1 N–H and O–H groups in total. The molecule has 2 amide bonds. The molecule has 0 bridgehead atoms. The van der Waals surface area contributed by atoms with Crippen LogP contribution in [0.3, 0.4) is 0 Å². The molecule has 6 heteroatoms. The zero-order valence-corrected chi connectivity index (χ0v) is 12.1. The van der Waals surface area contributed by atoms with Crippen LogP contribution in [0, 0.1) is 0 Å². The van der Waals surface area contributed by atoms with Crippen LogP contribution in [0.15, 0.2) is 18.2 Å². The molecule has 0 saturated carbocycles. The molecule has 2 rings (SSSR count). The predicted octanol–water partition coefficient (Wildman–Crippen LogP) is 0.702. The minimum atomic E-state index is -0.443. The fraction of sp³-hybridized carbons (Fsp3) is 0.500. The number of hydrogen-bond donors (Lipinski definition) is 1. The van der Waals surface area contributed by atoms with Gasteiger partial charge in [0.2, 0.25) is 0 Å². The van der Waals surface area contributed by atoms with E-state index in [2.05, 4.69) is 10.3 Å². The van der Waals surface area contributed by atoms with Gasteiger partial charge in [-0.1, -0.05) is 6.07 Å². The van der Waals surface area contributed by atoms with Crippen LogP contribution in [0.4, 0.5) is 5.82 Å². The monoisotopic (exact) mass is 276 g/mol. The van der Waals surface area contributed by atoms with E-state index in [1.165, 1.54) is 0 Å². The van der Waals surface area contributed by atoms with E-state index < -0.39 is 11.8 Å². The number of amides is 2. The van der Waals surface area contributed by atoms with E-state index in [0.29, 0.717) is 19.6 Å². The molecule has 0 spiro atoms. The minimum absolute atomic E-state index is 0.0549. The van der Waals surface area contributed by atoms with Gasteiger partial charge in [0.1, 0.15) is 5.82 Å². The number of rotatable bonds is 4. The van der Waals surface area contributed by atoms with Crippen LogP contribution < -0.4 is 5.32 Å². The summed E-state index contributed by atoms with van der Waals surface area (Å²) >= 11 is 0. The van der Waals surface area contributed by atoms with Gasteiger partial charge in [-0.15, -0.1) is 0 Å². The highest BCUT2D eigenvalue weighted by atomic mass is 16.2. The number of nitrogens with one attached hydrogen (secondary N) is 1. The van der Waals surface area contributed by atoms with Gasteiger partial charge in [-0.3, -0.25) is 9.59 Å². The van der Waals surface area contributed by atoms with Crippen molar-refractivity contribution >= 4 is 17.6 Å². The summed E-state index contributed by atoms with van der Waals surface area (Å²) in [6.45, 7) is 5.33. The molecule has 108 valence electrons. The smallest absolute Gasteiger partial charge is 0.312 e. The third-order valence-corrected chi connectivity index (χ3v) is 3.38. The van der Waals surface area contributed by atoms with Crippen molar-refractivity contribution in [2.24, 2.45) is 0 Å². The Morgan fingerprint density at radius 3 is 2.65 bits per heavy atom. The van der Waals surface area contributed by atoms with E-state index in [1.54, 1.807) is 16.8 Å². The van der Waals surface area contributed by atoms with E-state index in [0.717, 1.165) is 11.5 Å². The Bertz CT molecular complexity index is 516. The van der Waals surface area contributed by atoms with Gasteiger partial charge in [0.15, 0.2) is 0 Å². The molecule has 0 radical (unpaired) electrons. The molecule has 0 aliphatic carbocycles. The number of nitrogens with zero attached hydrogens (tertiary/aromatic N) is 3. The maximum Gasteiger partial charge on any atom is 0.312 e. The highest BCUT2D eigenvalue weighted by Crippen LogP contribution is 2.13. The summed E-state index contributed by atoms with van der Waals surface area (Å²) in [5.74, 6) is -0.111. The Balaban J connectivity index is 2.07. The summed E-state index contributed by atoms with van der Waals surface area (Å²) in [7, 11) is 1.79. The topological polar surface area (TPSA) is 65.5 Å². The molecule has 6 nitrogen and oxygen atoms in total. The highest BCUT2D eigenvalue weighted by molar-refractivity contribution is 6.35. The van der Waals surface area contributed by atoms with Crippen molar-refractivity contribution in [1.29, 1.82) is 0 Å². The average molecular weight is 276 g/mol. The largest absolute Gasteiger partial charge is 0.373 e. The molecule has 1 aromatic rings. The lowest BCUT2D eigenvalue weighted by molar-refractivity contribution is -0.157. The zero-order valence-electron chi connectivity index (χ0n) is 12.1. The molecular formula is C14H20N4O2. The van der Waals surface area contributed by atoms with Crippen LogP contribution in [-0.2, 0) is 16.1 Å². The van der Waals surface area contributed by atoms with Crippen LogP contribution >= 0.6 is 0 Å². The van der Waals surface area contributed by atoms with Gasteiger partial charge >= 0.3 is 11.8 Å². The van der Waals surface area contributed by atoms with Crippen molar-refractivity contribution < 1.29 is 9.59 Å². The van der Waals surface area contributed by atoms with Gasteiger partial charge in [0, 0.05) is 26.2 Å². The summed E-state index contributed by atoms with van der Waals surface area (Å²) < 4.78 is 0. The first-order valence-corrected chi connectivity index (χ1v) is 6.76. The molecular weight excluding hydrogens is 256 g/mol. The second-order valence-electron chi connectivity index (χ2n) is 5.08. The Morgan fingerprint density at radius 2 is 2.00 bits per heavy atom. The predicted molar refractivity (Wildman–Crippen MR) is 76.0 cm³/mol. The standard InChI is InChI=1S/C14H20N4O2/c1-10(2)18-8-7-17(13(19)14(18)20)9-11-5-4-6-12(15-3)16-11/h4-6,10H,7-9H2,1-3H3,(H,15,16). The first-order valence-electron chi connectivity index (χ1n) is 6.76. The van der Waals surface area contributed by atoms with Crippen molar-refractivity contribution in [3.63, 3.8) is 0 Å². The van der Waals surface area contributed by atoms with Crippen LogP contribution in [0.5, 0.6) is 0 Å². The number of carbonyl (C=O) groups excluding carboxylic acids is 2. The van der Waals surface area contributed by atoms with Crippen LogP contribution in [-0.4, -0.2) is 52.8 Å². The summed E-state index contributed by atoms with van der Waals surface area (Å²) in [6.07, 6.45) is 0. The molecule has 0 unspecified atom stereocenters. The minimum Gasteiger partial charge on any atom is -0.373 e. The van der Waals surface area contributed by atoms with Gasteiger partial charge in [-0.2, -0.15) is 0 Å². The summed E-state index contributed by atoms with van der Waals surface area (Å²) in [5, 5.41) is 2.96. The molecule has 0 atom stereocenters. The number of carbonyl (C=O) groups is 2. The van der Waals surface area contributed by atoms with E-state index >= 15 is 0 Å². The lowest BCUT2D eigenvalue weighted by Crippen LogP contribution is -2.55. The van der Waals surface area contributed by atoms with Gasteiger partial charge in [0.05, 0.1) is 12.2 Å². The number of aromatic nitrogens is 1. The highest BCUT2D eigenvalue weighted by Gasteiger charge is 2.33. The molecule has 2 heterocycles. The summed E-state index contributed by atoms with van der Waals surface area (Å²) in [6, 6.07) is 5.64. The average Bonchev–Trinajstić information content (AvgIpc) is 2.44. The van der Waals surface area contributed by atoms with Crippen molar-refractivity contribution in [3.05, 3.63) is 23.9 Å². The van der Waals surface area contributed by atoms with Crippen molar-refractivity contribution in [3.8, 4) is 0 Å². The van der Waals surface area contributed by atoms with E-state index in [4.69, 9.17) is 0 Å². The second-order valence-corrected chi connectivity index (χ2v) is 5.08. The SMILES string of the molecule is CNc1cccc(CN2CCN(C(C)C)C(=O)C2=O)n1. The zero-order chi connectivity index (χ0) is 14.7. The fourth-order valence-electron chi connectivity index (χ4n) is 2.24. The van der Waals surface area contributed by atoms with Crippen LogP contribution in [0.1, 0.15) is 19.5 Å². The third-order valence-electron chi connectivity index (χ3n) is 3.38. The first-order chi connectivity index (χ1) is 9.52. The molecule has 1 saturated heterocycles. The van der Waals surface area contributed by atoms with Crippen molar-refractivity contribution in [1.82, 2.24) is 14.8 Å². The quantitative estimate of drug-likeness (QED) is 0.822. The Morgan fingerprint density at radius 1 is 1.25 bits per heavy atom. The molecule has 1 aliphatic heterocycles. The number of piperazine rings is 1. The molecule has 1 aliphatic rings. The lowest BCUT2D eigenvalue weighted by Gasteiger charge is -2.35.